The second-order valence-electron chi connectivity index (χ2n) is 20.5. The number of ether oxygens (including phenoxy) is 4. The van der Waals surface area contributed by atoms with Crippen LogP contribution in [0.3, 0.4) is 0 Å². The number of alkyl carbamates (subject to hydrolysis) is 1. The number of methoxy groups -OCH3 is 1. The van der Waals surface area contributed by atoms with Gasteiger partial charge in [0.2, 0.25) is 10.0 Å². The average Bonchev–Trinajstić information content (AvgIpc) is 3.99. The Kier molecular flexibility index (Phi) is 15.4. The molecule has 2 fully saturated rings. The van der Waals surface area contributed by atoms with Crippen molar-refractivity contribution >= 4 is 44.8 Å². The molecule has 5 aromatic rings. The summed E-state index contributed by atoms with van der Waals surface area (Å²) in [5, 5.41) is 17.4. The van der Waals surface area contributed by atoms with Gasteiger partial charge in [-0.2, -0.15) is 4.31 Å². The van der Waals surface area contributed by atoms with Gasteiger partial charge in [0.25, 0.3) is 0 Å². The van der Waals surface area contributed by atoms with Crippen LogP contribution in [0.1, 0.15) is 85.8 Å². The van der Waals surface area contributed by atoms with Gasteiger partial charge in [-0.15, -0.1) is 11.3 Å². The summed E-state index contributed by atoms with van der Waals surface area (Å²) in [7, 11) is 1.69. The number of carbonyl (C=O) groups excluding carboxylic acids is 1. The molecule has 70 heavy (non-hydrogen) atoms. The van der Waals surface area contributed by atoms with Crippen LogP contribution in [0, 0.1) is 17.3 Å². The lowest BCUT2D eigenvalue weighted by molar-refractivity contribution is -0.181. The first-order valence-electron chi connectivity index (χ1n) is 24.3. The van der Waals surface area contributed by atoms with Crippen LogP contribution in [-0.4, -0.2) is 95.3 Å². The summed E-state index contributed by atoms with van der Waals surface area (Å²) in [5.41, 5.74) is 8.30. The smallest absolute Gasteiger partial charge is 0.407 e. The van der Waals surface area contributed by atoms with Gasteiger partial charge in [0.15, 0.2) is 5.79 Å². The third kappa shape index (κ3) is 11.5. The van der Waals surface area contributed by atoms with E-state index in [1.807, 2.05) is 59.1 Å². The first kappa shape index (κ1) is 50.9. The standard InChI is InChI=1S/C55H68N4O9S2/c1-35(2)33-59(70(63,64)44-20-18-43(65-8)19-21-44)27-24-41(57-53(62)68-48-34-67-55(5)47(48)25-28-66-55)29-36-9-14-40(15-10-36)56-32-39-30-38(37-11-16-42(17-12-37)58(6)7)13-22-45(39)51-50(52(60)61)46-31-54(3,4)26-23-49(46)69-51/h9-22,30,35,41,47-48,56H,23-29,31-34H2,1-8H3,(H,57,62)(H,60,61)/t41-,47+,48+,55-/m1/s1. The quantitative estimate of drug-likeness (QED) is 0.0724. The summed E-state index contributed by atoms with van der Waals surface area (Å²) in [5.74, 6) is -1.15. The minimum Gasteiger partial charge on any atom is -0.497 e. The van der Waals surface area contributed by atoms with E-state index >= 15 is 0 Å². The van der Waals surface area contributed by atoms with Gasteiger partial charge in [-0.25, -0.2) is 18.0 Å². The molecule has 374 valence electrons. The van der Waals surface area contributed by atoms with E-state index in [1.54, 1.807) is 35.6 Å². The van der Waals surface area contributed by atoms with E-state index in [-0.39, 0.29) is 35.3 Å². The summed E-state index contributed by atoms with van der Waals surface area (Å²) in [6, 6.07) is 28.7. The van der Waals surface area contributed by atoms with Crippen molar-refractivity contribution in [2.24, 2.45) is 17.3 Å². The molecule has 0 saturated carbocycles. The second kappa shape index (κ2) is 21.1. The summed E-state index contributed by atoms with van der Waals surface area (Å²) >= 11 is 1.61. The number of carboxylic acids is 1. The lowest BCUT2D eigenvalue weighted by atomic mass is 9.76. The lowest BCUT2D eigenvalue weighted by Gasteiger charge is -2.29. The molecule has 3 heterocycles. The Morgan fingerprint density at radius 2 is 1.66 bits per heavy atom. The van der Waals surface area contributed by atoms with Crippen molar-refractivity contribution in [2.75, 3.05) is 57.7 Å². The van der Waals surface area contributed by atoms with Crippen LogP contribution in [0.25, 0.3) is 21.6 Å². The van der Waals surface area contributed by atoms with Crippen molar-refractivity contribution in [1.29, 1.82) is 0 Å². The molecule has 0 bridgehead atoms. The molecule has 4 aromatic carbocycles. The Morgan fingerprint density at radius 1 is 0.943 bits per heavy atom. The number of hydrogen-bond donors (Lipinski definition) is 3. The van der Waals surface area contributed by atoms with E-state index < -0.39 is 40.0 Å². The van der Waals surface area contributed by atoms with Crippen LogP contribution in [0.4, 0.5) is 16.2 Å². The van der Waals surface area contributed by atoms with Crippen molar-refractivity contribution in [3.05, 3.63) is 118 Å². The molecule has 1 amide bonds. The van der Waals surface area contributed by atoms with Gasteiger partial charge in [0, 0.05) is 60.9 Å². The fourth-order valence-corrected chi connectivity index (χ4v) is 13.0. The molecule has 0 unspecified atom stereocenters. The van der Waals surface area contributed by atoms with Crippen molar-refractivity contribution in [2.45, 2.75) is 103 Å². The number of aryl methyl sites for hydroxylation is 1. The van der Waals surface area contributed by atoms with Crippen LogP contribution >= 0.6 is 11.3 Å². The lowest BCUT2D eigenvalue weighted by Crippen LogP contribution is -2.43. The van der Waals surface area contributed by atoms with Crippen LogP contribution in [0.5, 0.6) is 5.75 Å². The molecular formula is C55H68N4O9S2. The highest BCUT2D eigenvalue weighted by atomic mass is 32.2. The number of amides is 1. The minimum absolute atomic E-state index is 0.0270. The summed E-state index contributed by atoms with van der Waals surface area (Å²) < 4.78 is 52.7. The number of carbonyl (C=O) groups is 2. The van der Waals surface area contributed by atoms with Gasteiger partial charge in [-0.05, 0) is 145 Å². The molecule has 0 radical (unpaired) electrons. The van der Waals surface area contributed by atoms with Crippen molar-refractivity contribution in [1.82, 2.24) is 9.62 Å². The molecule has 2 aliphatic heterocycles. The van der Waals surface area contributed by atoms with Gasteiger partial charge < -0.3 is 39.6 Å². The molecule has 0 spiro atoms. The summed E-state index contributed by atoms with van der Waals surface area (Å²) in [6.07, 6.45) is 3.01. The molecule has 8 rings (SSSR count). The minimum atomic E-state index is -3.88. The maximum absolute atomic E-state index is 14.1. The summed E-state index contributed by atoms with van der Waals surface area (Å²) in [6.45, 7) is 11.9. The number of rotatable bonds is 19. The van der Waals surface area contributed by atoms with E-state index in [4.69, 9.17) is 18.9 Å². The average molecular weight is 993 g/mol. The van der Waals surface area contributed by atoms with Gasteiger partial charge in [0.05, 0.1) is 36.7 Å². The van der Waals surface area contributed by atoms with E-state index in [0.29, 0.717) is 43.9 Å². The third-order valence-corrected chi connectivity index (χ3v) is 17.2. The van der Waals surface area contributed by atoms with Crippen molar-refractivity contribution in [3.8, 4) is 27.3 Å². The van der Waals surface area contributed by atoms with Crippen molar-refractivity contribution < 1.29 is 42.1 Å². The van der Waals surface area contributed by atoms with Crippen LogP contribution in [-0.2, 0) is 50.0 Å². The predicted molar refractivity (Wildman–Crippen MR) is 277 cm³/mol. The van der Waals surface area contributed by atoms with Gasteiger partial charge in [-0.1, -0.05) is 64.1 Å². The Hall–Kier alpha value is -5.45. The van der Waals surface area contributed by atoms with Crippen LogP contribution < -0.4 is 20.3 Å². The molecule has 4 atom stereocenters. The van der Waals surface area contributed by atoms with Crippen molar-refractivity contribution in [3.63, 3.8) is 0 Å². The monoisotopic (exact) mass is 992 g/mol. The SMILES string of the molecule is COc1ccc(S(=O)(=O)N(CC[C@H](Cc2ccc(NCc3cc(-c4ccc(N(C)C)cc4)ccc3-c3sc4c(c3C(=O)O)CC(C)(C)CC4)cc2)NC(=O)O[C@H]2CO[C@@]3(C)OCC[C@@H]23)CC(C)C)cc1. The highest BCUT2D eigenvalue weighted by Crippen LogP contribution is 2.47. The molecule has 1 aromatic heterocycles. The van der Waals surface area contributed by atoms with E-state index in [2.05, 4.69) is 71.8 Å². The first-order chi connectivity index (χ1) is 33.3. The van der Waals surface area contributed by atoms with E-state index in [0.717, 1.165) is 80.2 Å². The molecule has 3 aliphatic rings. The largest absolute Gasteiger partial charge is 0.497 e. The van der Waals surface area contributed by atoms with E-state index in [9.17, 15) is 23.1 Å². The Bertz CT molecular complexity index is 2760. The third-order valence-electron chi connectivity index (χ3n) is 14.0. The molecule has 15 heteroatoms. The Balaban J connectivity index is 1.03. The Morgan fingerprint density at radius 3 is 2.33 bits per heavy atom. The molecule has 3 N–H and O–H groups in total. The number of anilines is 2. The highest BCUT2D eigenvalue weighted by molar-refractivity contribution is 7.89. The maximum atomic E-state index is 14.1. The normalized spacial score (nSPS) is 19.9. The number of carboxylic acid groups (broad SMARTS) is 1. The van der Waals surface area contributed by atoms with Gasteiger partial charge >= 0.3 is 12.1 Å². The molecule has 1 aliphatic carbocycles. The number of thiophene rings is 1. The van der Waals surface area contributed by atoms with Crippen LogP contribution in [0.15, 0.2) is 95.9 Å². The van der Waals surface area contributed by atoms with Gasteiger partial charge in [-0.3, -0.25) is 0 Å². The molecular weight excluding hydrogens is 925 g/mol. The maximum Gasteiger partial charge on any atom is 0.407 e. The molecule has 13 nitrogen and oxygen atoms in total. The second-order valence-corrected chi connectivity index (χ2v) is 23.5. The topological polar surface area (TPSA) is 156 Å². The first-order valence-corrected chi connectivity index (χ1v) is 26.6. The summed E-state index contributed by atoms with van der Waals surface area (Å²) in [4.78, 5) is 30.9. The predicted octanol–water partition coefficient (Wildman–Crippen LogP) is 10.5. The fraction of sp³-hybridized carbons (Fsp3) is 0.455. The van der Waals surface area contributed by atoms with Gasteiger partial charge in [0.1, 0.15) is 11.9 Å². The number of nitrogens with one attached hydrogen (secondary N) is 2. The molecule has 2 saturated heterocycles. The number of sulfonamides is 1. The zero-order valence-corrected chi connectivity index (χ0v) is 43.3. The fourth-order valence-electron chi connectivity index (χ4n) is 10.1. The highest BCUT2D eigenvalue weighted by Gasteiger charge is 2.53. The zero-order valence-electron chi connectivity index (χ0n) is 41.7. The van der Waals surface area contributed by atoms with Crippen LogP contribution in [0.2, 0.25) is 0 Å². The number of hydrogen-bond acceptors (Lipinski definition) is 11. The van der Waals surface area contributed by atoms with E-state index in [1.165, 1.54) is 11.4 Å². The number of aromatic carboxylic acids is 1. The Labute approximate surface area is 417 Å². The number of fused-ring (bicyclic) bond motifs is 2. The number of benzene rings is 4. The zero-order chi connectivity index (χ0) is 50.0. The number of nitrogens with zero attached hydrogens (tertiary/aromatic N) is 2.